The number of hydrogen-bond donors (Lipinski definition) is 3. The molecule has 0 aromatic carbocycles. The Hall–Kier alpha value is -1.94. The number of unbranched alkanes of at least 4 members (excludes halogenated alkanes) is 38. The van der Waals surface area contributed by atoms with E-state index in [0.717, 1.165) is 108 Å². The lowest BCUT2D eigenvalue weighted by Crippen LogP contribution is -2.30. The molecule has 0 spiro atoms. The number of ether oxygens (including phenoxy) is 4. The lowest BCUT2D eigenvalue weighted by atomic mass is 10.0. The first-order valence-corrected chi connectivity index (χ1v) is 41.7. The number of phosphoric acid groups is 2. The topological polar surface area (TPSA) is 237 Å². The molecule has 0 amide bonds. The summed E-state index contributed by atoms with van der Waals surface area (Å²) >= 11 is 0. The van der Waals surface area contributed by atoms with E-state index < -0.39 is 97.5 Å². The largest absolute Gasteiger partial charge is 0.472 e. The highest BCUT2D eigenvalue weighted by molar-refractivity contribution is 7.47. The van der Waals surface area contributed by atoms with Crippen LogP contribution < -0.4 is 0 Å². The van der Waals surface area contributed by atoms with Gasteiger partial charge in [0.25, 0.3) is 0 Å². The Balaban J connectivity index is 5.21. The first-order chi connectivity index (χ1) is 45.1. The van der Waals surface area contributed by atoms with Gasteiger partial charge in [0, 0.05) is 25.7 Å². The maximum atomic E-state index is 13.1. The molecule has 0 fully saturated rings. The van der Waals surface area contributed by atoms with Crippen molar-refractivity contribution in [3.05, 3.63) is 0 Å². The van der Waals surface area contributed by atoms with Crippen molar-refractivity contribution in [1.82, 2.24) is 0 Å². The predicted molar refractivity (Wildman–Crippen MR) is 381 cm³/mol. The smallest absolute Gasteiger partial charge is 0.462 e. The number of esters is 4. The highest BCUT2D eigenvalue weighted by Crippen LogP contribution is 2.45. The van der Waals surface area contributed by atoms with Crippen LogP contribution in [0.2, 0.25) is 0 Å². The molecule has 3 unspecified atom stereocenters. The molecule has 0 aromatic rings. The normalized spacial score (nSPS) is 14.2. The Morgan fingerprint density at radius 3 is 0.660 bits per heavy atom. The zero-order chi connectivity index (χ0) is 69.6. The lowest BCUT2D eigenvalue weighted by molar-refractivity contribution is -0.161. The number of aliphatic hydroxyl groups excluding tert-OH is 1. The number of phosphoric ester groups is 2. The minimum absolute atomic E-state index is 0.101. The number of rotatable bonds is 72. The van der Waals surface area contributed by atoms with Crippen LogP contribution in [0.15, 0.2) is 0 Å². The van der Waals surface area contributed by atoms with Gasteiger partial charge in [0.1, 0.15) is 19.3 Å². The average molecular weight is 1380 g/mol. The highest BCUT2D eigenvalue weighted by Gasteiger charge is 2.30. The van der Waals surface area contributed by atoms with Crippen molar-refractivity contribution in [3.8, 4) is 0 Å². The van der Waals surface area contributed by atoms with Gasteiger partial charge in [0.15, 0.2) is 12.2 Å². The highest BCUT2D eigenvalue weighted by atomic mass is 31.2. The van der Waals surface area contributed by atoms with Gasteiger partial charge < -0.3 is 33.8 Å². The van der Waals surface area contributed by atoms with Crippen molar-refractivity contribution in [3.63, 3.8) is 0 Å². The summed E-state index contributed by atoms with van der Waals surface area (Å²) in [6.45, 7) is 14.1. The van der Waals surface area contributed by atoms with E-state index in [1.165, 1.54) is 180 Å². The maximum Gasteiger partial charge on any atom is 0.472 e. The van der Waals surface area contributed by atoms with E-state index in [4.69, 9.17) is 37.0 Å². The summed E-state index contributed by atoms with van der Waals surface area (Å²) in [5, 5.41) is 10.6. The van der Waals surface area contributed by atoms with Crippen molar-refractivity contribution < 1.29 is 80.2 Å². The number of aliphatic hydroxyl groups is 1. The van der Waals surface area contributed by atoms with Crippen LogP contribution in [0.5, 0.6) is 0 Å². The summed E-state index contributed by atoms with van der Waals surface area (Å²) in [7, 11) is -9.91. The van der Waals surface area contributed by atoms with Crippen LogP contribution >= 0.6 is 15.6 Å². The van der Waals surface area contributed by atoms with Gasteiger partial charge >= 0.3 is 39.5 Å². The van der Waals surface area contributed by atoms with Crippen molar-refractivity contribution in [2.75, 3.05) is 39.6 Å². The Kier molecular flexibility index (Phi) is 63.1. The molecule has 0 saturated heterocycles. The van der Waals surface area contributed by atoms with Crippen LogP contribution in [0.1, 0.15) is 376 Å². The van der Waals surface area contributed by atoms with E-state index in [1.54, 1.807) is 0 Å². The van der Waals surface area contributed by atoms with Gasteiger partial charge in [-0.3, -0.25) is 37.3 Å². The maximum absolute atomic E-state index is 13.1. The second kappa shape index (κ2) is 64.4. The minimum atomic E-state index is -4.96. The van der Waals surface area contributed by atoms with Gasteiger partial charge in [-0.05, 0) is 49.4 Å². The Morgan fingerprint density at radius 2 is 0.447 bits per heavy atom. The number of carbonyl (C=O) groups is 4. The molecule has 5 atom stereocenters. The van der Waals surface area contributed by atoms with Crippen molar-refractivity contribution in [2.45, 2.75) is 395 Å². The van der Waals surface area contributed by atoms with Crippen molar-refractivity contribution in [1.29, 1.82) is 0 Å². The Morgan fingerprint density at radius 1 is 0.266 bits per heavy atom. The molecular formula is C75H146O17P2. The summed E-state index contributed by atoms with van der Waals surface area (Å²) in [4.78, 5) is 72.7. The summed E-state index contributed by atoms with van der Waals surface area (Å²) in [5.74, 6) is 0.860. The van der Waals surface area contributed by atoms with Gasteiger partial charge in [-0.15, -0.1) is 0 Å². The van der Waals surface area contributed by atoms with E-state index >= 15 is 0 Å². The molecular weight excluding hydrogens is 1230 g/mol. The molecule has 0 radical (unpaired) electrons. The first-order valence-electron chi connectivity index (χ1n) is 38.7. The molecule has 0 aliphatic rings. The van der Waals surface area contributed by atoms with Gasteiger partial charge in [-0.1, -0.05) is 325 Å². The molecule has 94 heavy (non-hydrogen) atoms. The van der Waals surface area contributed by atoms with Crippen LogP contribution in [0, 0.1) is 23.7 Å². The quantitative estimate of drug-likeness (QED) is 0.0222. The summed E-state index contributed by atoms with van der Waals surface area (Å²) in [6.07, 6.45) is 48.9. The average Bonchev–Trinajstić information content (AvgIpc) is 1.04. The molecule has 0 aromatic heterocycles. The summed E-state index contributed by atoms with van der Waals surface area (Å²) in [6, 6.07) is 0. The molecule has 0 saturated carbocycles. The van der Waals surface area contributed by atoms with E-state index in [-0.39, 0.29) is 25.7 Å². The molecule has 558 valence electrons. The second-order valence-corrected chi connectivity index (χ2v) is 31.9. The molecule has 0 aliphatic carbocycles. The molecule has 19 heteroatoms. The third kappa shape index (κ3) is 68.6. The second-order valence-electron chi connectivity index (χ2n) is 28.9. The molecule has 3 N–H and O–H groups in total. The fourth-order valence-electron chi connectivity index (χ4n) is 11.4. The fraction of sp³-hybridized carbons (Fsp3) is 0.947. The van der Waals surface area contributed by atoms with Crippen LogP contribution in [0.25, 0.3) is 0 Å². The molecule has 0 rings (SSSR count). The lowest BCUT2D eigenvalue weighted by Gasteiger charge is -2.21. The molecule has 17 nitrogen and oxygen atoms in total. The molecule has 0 aliphatic heterocycles. The zero-order valence-electron chi connectivity index (χ0n) is 61.6. The van der Waals surface area contributed by atoms with E-state index in [0.29, 0.717) is 31.6 Å². The van der Waals surface area contributed by atoms with Crippen LogP contribution in [-0.4, -0.2) is 96.7 Å². The monoisotopic (exact) mass is 1380 g/mol. The number of hydrogen-bond acceptors (Lipinski definition) is 15. The van der Waals surface area contributed by atoms with Crippen molar-refractivity contribution in [2.24, 2.45) is 23.7 Å². The molecule has 0 heterocycles. The molecule has 0 bridgehead atoms. The van der Waals surface area contributed by atoms with Crippen molar-refractivity contribution >= 4 is 39.5 Å². The standard InChI is InChI=1S/C75H146O17P2/c1-65(2)51-43-35-27-21-17-13-11-9-10-12-14-20-24-32-41-49-57-74(79)91-70(61-85-72(77)55-47-39-30-23-19-16-15-18-22-28-36-44-52-66(3)4)63-89-93(81,82)87-59-69(76)60-88-94(83,84)90-64-71(92-75(80)58-50-42-34-33-38-46-54-68(7)8)62-86-73(78)56-48-40-31-26-25-29-37-45-53-67(5)6/h65-71,76H,9-64H2,1-8H3,(H,81,82)(H,83,84)/t69?,70-,71-/m1/s1. The zero-order valence-corrected chi connectivity index (χ0v) is 63.4. The van der Waals surface area contributed by atoms with Crippen LogP contribution in [-0.2, 0) is 65.4 Å². The van der Waals surface area contributed by atoms with Gasteiger partial charge in [0.2, 0.25) is 0 Å². The fourth-order valence-corrected chi connectivity index (χ4v) is 13.0. The number of carbonyl (C=O) groups excluding carboxylic acids is 4. The first kappa shape index (κ1) is 92.1. The SMILES string of the molecule is CC(C)CCCCCCCCCCCCCCCCCCC(=O)O[C@H](COC(=O)CCCCCCCCCCCCCCC(C)C)COP(=O)(O)OCC(O)COP(=O)(O)OC[C@@H](COC(=O)CCCCCCCCCCC(C)C)OC(=O)CCCCCCCCC(C)C. The predicted octanol–water partition coefficient (Wildman–Crippen LogP) is 21.7. The van der Waals surface area contributed by atoms with Crippen LogP contribution in [0.3, 0.4) is 0 Å². The third-order valence-electron chi connectivity index (χ3n) is 17.3. The van der Waals surface area contributed by atoms with E-state index in [2.05, 4.69) is 55.4 Å². The van der Waals surface area contributed by atoms with E-state index in [1.807, 2.05) is 0 Å². The minimum Gasteiger partial charge on any atom is -0.462 e. The Bertz CT molecular complexity index is 1850. The van der Waals surface area contributed by atoms with Crippen LogP contribution in [0.4, 0.5) is 0 Å². The summed E-state index contributed by atoms with van der Waals surface area (Å²) in [5.41, 5.74) is 0. The van der Waals surface area contributed by atoms with Gasteiger partial charge in [-0.25, -0.2) is 9.13 Å². The van der Waals surface area contributed by atoms with Gasteiger partial charge in [-0.2, -0.15) is 0 Å². The van der Waals surface area contributed by atoms with Gasteiger partial charge in [0.05, 0.1) is 26.4 Å². The summed E-state index contributed by atoms with van der Waals surface area (Å²) < 4.78 is 68.4. The third-order valence-corrected chi connectivity index (χ3v) is 19.2. The Labute approximate surface area is 575 Å². The van der Waals surface area contributed by atoms with E-state index in [9.17, 15) is 43.2 Å².